The van der Waals surface area contributed by atoms with Crippen molar-refractivity contribution in [3.05, 3.63) is 34.9 Å². The topological polar surface area (TPSA) is 87.2 Å². The number of halogens is 1. The van der Waals surface area contributed by atoms with Crippen LogP contribution < -0.4 is 0 Å². The van der Waals surface area contributed by atoms with E-state index in [9.17, 15) is 19.2 Å². The number of ether oxygens (including phenoxy) is 1. The zero-order valence-corrected chi connectivity index (χ0v) is 18.9. The largest absolute Gasteiger partial charge is 0.468 e. The van der Waals surface area contributed by atoms with E-state index in [1.54, 1.807) is 23.1 Å². The monoisotopic (exact) mass is 461 g/mol. The predicted molar refractivity (Wildman–Crippen MR) is 117 cm³/mol. The molecule has 0 bridgehead atoms. The lowest BCUT2D eigenvalue weighted by molar-refractivity contribution is -0.151. The fourth-order valence-corrected chi connectivity index (χ4v) is 5.37. The van der Waals surface area contributed by atoms with Crippen molar-refractivity contribution in [3.63, 3.8) is 0 Å². The van der Waals surface area contributed by atoms with Gasteiger partial charge in [0.15, 0.2) is 0 Å². The molecule has 2 aliphatic heterocycles. The van der Waals surface area contributed by atoms with Gasteiger partial charge >= 0.3 is 5.97 Å². The summed E-state index contributed by atoms with van der Waals surface area (Å²) in [4.78, 5) is 55.5. The maximum atomic E-state index is 12.9. The second-order valence-electron chi connectivity index (χ2n) is 8.62. The van der Waals surface area contributed by atoms with Gasteiger partial charge in [0, 0.05) is 31.2 Å². The Morgan fingerprint density at radius 1 is 1.03 bits per heavy atom. The molecular formula is C23H28ClN3O5. The summed E-state index contributed by atoms with van der Waals surface area (Å²) in [5.41, 5.74) is 0.664. The van der Waals surface area contributed by atoms with Gasteiger partial charge in [-0.25, -0.2) is 4.79 Å². The van der Waals surface area contributed by atoms with Crippen molar-refractivity contribution in [3.8, 4) is 0 Å². The molecule has 8 nitrogen and oxygen atoms in total. The van der Waals surface area contributed by atoms with E-state index in [1.165, 1.54) is 7.11 Å². The standard InChI is InChI=1S/C23H28ClN3O5/c1-32-23(31)20(17-8-4-5-9-18(17)24)26-12-10-25(11-13-26)19(28)14-27-21(29)15-6-2-3-7-16(15)22(27)30/h4-5,8-9,15-16,20H,2-3,6-7,10-14H2,1H3. The molecule has 32 heavy (non-hydrogen) atoms. The lowest BCUT2D eigenvalue weighted by atomic mass is 9.81. The highest BCUT2D eigenvalue weighted by atomic mass is 35.5. The molecule has 4 rings (SSSR count). The molecule has 2 saturated heterocycles. The maximum Gasteiger partial charge on any atom is 0.327 e. The molecule has 1 saturated carbocycles. The predicted octanol–water partition coefficient (Wildman–Crippen LogP) is 1.87. The Balaban J connectivity index is 1.39. The summed E-state index contributed by atoms with van der Waals surface area (Å²) >= 11 is 6.32. The van der Waals surface area contributed by atoms with Crippen LogP contribution in [0.3, 0.4) is 0 Å². The number of imide groups is 1. The molecule has 0 radical (unpaired) electrons. The third-order valence-corrected chi connectivity index (χ3v) is 7.23. The minimum atomic E-state index is -0.657. The van der Waals surface area contributed by atoms with Crippen LogP contribution >= 0.6 is 11.6 Å². The Kier molecular flexibility index (Phi) is 6.81. The number of hydrogen-bond acceptors (Lipinski definition) is 6. The van der Waals surface area contributed by atoms with Gasteiger partial charge in [0.2, 0.25) is 17.7 Å². The molecule has 3 amide bonds. The molecule has 0 N–H and O–H groups in total. The van der Waals surface area contributed by atoms with Crippen molar-refractivity contribution in [2.24, 2.45) is 11.8 Å². The summed E-state index contributed by atoms with van der Waals surface area (Å²) in [6.45, 7) is 1.48. The molecule has 3 unspecified atom stereocenters. The van der Waals surface area contributed by atoms with E-state index in [4.69, 9.17) is 16.3 Å². The van der Waals surface area contributed by atoms with Gasteiger partial charge in [0.1, 0.15) is 12.6 Å². The summed E-state index contributed by atoms with van der Waals surface area (Å²) in [7, 11) is 1.34. The summed E-state index contributed by atoms with van der Waals surface area (Å²) in [6.07, 6.45) is 3.37. The van der Waals surface area contributed by atoms with Crippen LogP contribution in [-0.2, 0) is 23.9 Å². The second-order valence-corrected chi connectivity index (χ2v) is 9.03. The third kappa shape index (κ3) is 4.26. The summed E-state index contributed by atoms with van der Waals surface area (Å²) in [5, 5.41) is 0.480. The van der Waals surface area contributed by atoms with Gasteiger partial charge in [-0.15, -0.1) is 0 Å². The smallest absolute Gasteiger partial charge is 0.327 e. The van der Waals surface area contributed by atoms with Gasteiger partial charge < -0.3 is 9.64 Å². The zero-order chi connectivity index (χ0) is 22.8. The van der Waals surface area contributed by atoms with Gasteiger partial charge in [-0.05, 0) is 24.5 Å². The van der Waals surface area contributed by atoms with Gasteiger partial charge in [-0.3, -0.25) is 24.2 Å². The number of nitrogens with zero attached hydrogens (tertiary/aromatic N) is 3. The van der Waals surface area contributed by atoms with Crippen LogP contribution in [0, 0.1) is 11.8 Å². The molecule has 172 valence electrons. The summed E-state index contributed by atoms with van der Waals surface area (Å²) < 4.78 is 5.01. The highest BCUT2D eigenvalue weighted by Crippen LogP contribution is 2.38. The number of rotatable bonds is 5. The number of piperazine rings is 1. The van der Waals surface area contributed by atoms with Crippen molar-refractivity contribution >= 4 is 35.3 Å². The first-order valence-corrected chi connectivity index (χ1v) is 11.5. The first kappa shape index (κ1) is 22.7. The first-order chi connectivity index (χ1) is 15.4. The normalized spacial score (nSPS) is 24.9. The number of fused-ring (bicyclic) bond motifs is 1. The van der Waals surface area contributed by atoms with Crippen LogP contribution in [0.2, 0.25) is 5.02 Å². The Morgan fingerprint density at radius 3 is 2.19 bits per heavy atom. The molecule has 0 spiro atoms. The van der Waals surface area contributed by atoms with E-state index in [1.807, 2.05) is 11.0 Å². The Morgan fingerprint density at radius 2 is 1.62 bits per heavy atom. The number of esters is 1. The number of methoxy groups -OCH3 is 1. The number of amides is 3. The summed E-state index contributed by atoms with van der Waals surface area (Å²) in [6, 6.07) is 6.49. The van der Waals surface area contributed by atoms with Crippen LogP contribution in [0.5, 0.6) is 0 Å². The number of carbonyl (C=O) groups excluding carboxylic acids is 4. The average molecular weight is 462 g/mol. The Labute approximate surface area is 192 Å². The Hall–Kier alpha value is -2.45. The van der Waals surface area contributed by atoms with Gasteiger partial charge in [-0.1, -0.05) is 42.6 Å². The van der Waals surface area contributed by atoms with Crippen LogP contribution in [0.25, 0.3) is 0 Å². The fraction of sp³-hybridized carbons (Fsp3) is 0.565. The molecule has 3 aliphatic rings. The zero-order valence-electron chi connectivity index (χ0n) is 18.2. The van der Waals surface area contributed by atoms with Crippen molar-refractivity contribution in [2.45, 2.75) is 31.7 Å². The van der Waals surface area contributed by atoms with Crippen LogP contribution in [0.15, 0.2) is 24.3 Å². The highest BCUT2D eigenvalue weighted by molar-refractivity contribution is 6.31. The molecule has 1 aliphatic carbocycles. The first-order valence-electron chi connectivity index (χ1n) is 11.1. The molecular weight excluding hydrogens is 434 g/mol. The fourth-order valence-electron chi connectivity index (χ4n) is 5.13. The van der Waals surface area contributed by atoms with Crippen LogP contribution in [0.4, 0.5) is 0 Å². The molecule has 3 fully saturated rings. The molecule has 1 aromatic carbocycles. The molecule has 2 heterocycles. The Bertz CT molecular complexity index is 891. The lowest BCUT2D eigenvalue weighted by Crippen LogP contribution is -2.53. The van der Waals surface area contributed by atoms with E-state index in [0.717, 1.165) is 30.6 Å². The third-order valence-electron chi connectivity index (χ3n) is 6.88. The van der Waals surface area contributed by atoms with E-state index in [2.05, 4.69) is 0 Å². The van der Waals surface area contributed by atoms with Gasteiger partial charge in [0.05, 0.1) is 18.9 Å². The molecule has 3 atom stereocenters. The van der Waals surface area contributed by atoms with E-state index < -0.39 is 12.0 Å². The maximum absolute atomic E-state index is 12.9. The average Bonchev–Trinajstić information content (AvgIpc) is 3.05. The molecule has 9 heteroatoms. The van der Waals surface area contributed by atoms with Crippen LogP contribution in [0.1, 0.15) is 37.3 Å². The number of likely N-dealkylation sites (tertiary alicyclic amines) is 1. The van der Waals surface area contributed by atoms with Crippen molar-refractivity contribution < 1.29 is 23.9 Å². The number of hydrogen-bond donors (Lipinski definition) is 0. The minimum Gasteiger partial charge on any atom is -0.468 e. The van der Waals surface area contributed by atoms with E-state index in [0.29, 0.717) is 36.8 Å². The van der Waals surface area contributed by atoms with E-state index in [-0.39, 0.29) is 36.1 Å². The van der Waals surface area contributed by atoms with Crippen molar-refractivity contribution in [1.29, 1.82) is 0 Å². The lowest BCUT2D eigenvalue weighted by Gasteiger charge is -2.38. The number of benzene rings is 1. The summed E-state index contributed by atoms with van der Waals surface area (Å²) in [5.74, 6) is -1.55. The highest BCUT2D eigenvalue weighted by Gasteiger charge is 2.49. The minimum absolute atomic E-state index is 0.198. The van der Waals surface area contributed by atoms with Crippen LogP contribution in [-0.4, -0.2) is 78.2 Å². The van der Waals surface area contributed by atoms with Gasteiger partial charge in [-0.2, -0.15) is 0 Å². The quantitative estimate of drug-likeness (QED) is 0.491. The van der Waals surface area contributed by atoms with Crippen molar-refractivity contribution in [2.75, 3.05) is 39.8 Å². The van der Waals surface area contributed by atoms with Crippen molar-refractivity contribution in [1.82, 2.24) is 14.7 Å². The second kappa shape index (κ2) is 9.58. The van der Waals surface area contributed by atoms with E-state index >= 15 is 0 Å². The molecule has 1 aromatic rings. The number of carbonyl (C=O) groups is 4. The molecule has 0 aromatic heterocycles. The van der Waals surface area contributed by atoms with Gasteiger partial charge in [0.25, 0.3) is 0 Å². The SMILES string of the molecule is COC(=O)C(c1ccccc1Cl)N1CCN(C(=O)CN2C(=O)C3CCCCC3C2=O)CC1.